The van der Waals surface area contributed by atoms with E-state index in [1.165, 1.54) is 0 Å². The first-order chi connectivity index (χ1) is 4.36. The second kappa shape index (κ2) is 2.67. The van der Waals surface area contributed by atoms with Crippen LogP contribution < -0.4 is 0 Å². The average Bonchev–Trinajstić information content (AvgIpc) is 2.34. The summed E-state index contributed by atoms with van der Waals surface area (Å²) in [5.41, 5.74) is 1.05. The Kier molecular flexibility index (Phi) is 1.88. The Hall–Kier alpha value is -0.790. The van der Waals surface area contributed by atoms with E-state index in [1.54, 1.807) is 0 Å². The van der Waals surface area contributed by atoms with Crippen LogP contribution in [-0.4, -0.2) is 9.78 Å². The van der Waals surface area contributed by atoms with Crippen molar-refractivity contribution >= 4 is 0 Å². The predicted molar refractivity (Wildman–Crippen MR) is 36.1 cm³/mol. The molecule has 1 aromatic heterocycles. The second-order valence-electron chi connectivity index (χ2n) is 1.93. The molecule has 0 aliphatic carbocycles. The van der Waals surface area contributed by atoms with E-state index in [-0.39, 0.29) is 0 Å². The van der Waals surface area contributed by atoms with E-state index in [0.29, 0.717) is 0 Å². The standard InChI is InChI=1S/C7H11N2/c1-3-7-5-6-9(4-2)8-7/h6H,3-4H2,1-2H3. The Morgan fingerprint density at radius 3 is 2.78 bits per heavy atom. The third-order valence-electron chi connectivity index (χ3n) is 1.29. The van der Waals surface area contributed by atoms with E-state index in [0.717, 1.165) is 18.7 Å². The fraction of sp³-hybridized carbons (Fsp3) is 0.571. The summed E-state index contributed by atoms with van der Waals surface area (Å²) in [4.78, 5) is 0. The van der Waals surface area contributed by atoms with Crippen molar-refractivity contribution in [1.82, 2.24) is 9.78 Å². The Morgan fingerprint density at radius 1 is 1.67 bits per heavy atom. The molecule has 1 aromatic rings. The number of aryl methyl sites for hydroxylation is 2. The van der Waals surface area contributed by atoms with Gasteiger partial charge in [-0.1, -0.05) is 6.92 Å². The van der Waals surface area contributed by atoms with Crippen LogP contribution in [0.4, 0.5) is 0 Å². The summed E-state index contributed by atoms with van der Waals surface area (Å²) >= 11 is 0. The highest BCUT2D eigenvalue weighted by atomic mass is 15.3. The van der Waals surface area contributed by atoms with E-state index in [1.807, 2.05) is 10.9 Å². The first kappa shape index (κ1) is 6.33. The van der Waals surface area contributed by atoms with Crippen LogP contribution in [0, 0.1) is 6.07 Å². The second-order valence-corrected chi connectivity index (χ2v) is 1.93. The van der Waals surface area contributed by atoms with Crippen molar-refractivity contribution in [2.75, 3.05) is 0 Å². The summed E-state index contributed by atoms with van der Waals surface area (Å²) in [6, 6.07) is 3.06. The molecule has 0 saturated heterocycles. The van der Waals surface area contributed by atoms with Crippen LogP contribution in [0.3, 0.4) is 0 Å². The largest absolute Gasteiger partial charge is 0.272 e. The molecule has 9 heavy (non-hydrogen) atoms. The van der Waals surface area contributed by atoms with Gasteiger partial charge in [0.1, 0.15) is 0 Å². The molecule has 49 valence electrons. The fourth-order valence-electron chi connectivity index (χ4n) is 0.697. The molecule has 2 nitrogen and oxygen atoms in total. The zero-order chi connectivity index (χ0) is 6.69. The molecule has 2 heteroatoms. The SMILES string of the molecule is CCc1[c]cn(CC)n1. The summed E-state index contributed by atoms with van der Waals surface area (Å²) in [6.07, 6.45) is 2.87. The van der Waals surface area contributed by atoms with Crippen LogP contribution >= 0.6 is 0 Å². The highest BCUT2D eigenvalue weighted by Gasteiger charge is 1.91. The van der Waals surface area contributed by atoms with Crippen LogP contribution in [-0.2, 0) is 13.0 Å². The maximum absolute atomic E-state index is 4.21. The van der Waals surface area contributed by atoms with Gasteiger partial charge in [0.15, 0.2) is 0 Å². The summed E-state index contributed by atoms with van der Waals surface area (Å²) in [6.45, 7) is 5.09. The van der Waals surface area contributed by atoms with Gasteiger partial charge >= 0.3 is 0 Å². The first-order valence-corrected chi connectivity index (χ1v) is 3.30. The van der Waals surface area contributed by atoms with Gasteiger partial charge in [0, 0.05) is 18.8 Å². The minimum Gasteiger partial charge on any atom is -0.272 e. The Labute approximate surface area is 55.5 Å². The van der Waals surface area contributed by atoms with Crippen LogP contribution in [0.2, 0.25) is 0 Å². The molecule has 0 fully saturated rings. The van der Waals surface area contributed by atoms with Gasteiger partial charge in [-0.3, -0.25) is 4.68 Å². The minimum atomic E-state index is 0.941. The monoisotopic (exact) mass is 123 g/mol. The molecule has 0 amide bonds. The summed E-state index contributed by atoms with van der Waals surface area (Å²) < 4.78 is 1.89. The van der Waals surface area contributed by atoms with Crippen molar-refractivity contribution in [2.24, 2.45) is 0 Å². The van der Waals surface area contributed by atoms with Gasteiger partial charge in [-0.05, 0) is 13.3 Å². The zero-order valence-electron chi connectivity index (χ0n) is 5.89. The number of nitrogens with zero attached hydrogens (tertiary/aromatic N) is 2. The lowest BCUT2D eigenvalue weighted by molar-refractivity contribution is 0.648. The zero-order valence-corrected chi connectivity index (χ0v) is 5.89. The predicted octanol–water partition coefficient (Wildman–Crippen LogP) is 1.27. The first-order valence-electron chi connectivity index (χ1n) is 3.30. The Bertz CT molecular complexity index is 160. The summed E-state index contributed by atoms with van der Waals surface area (Å²) in [5, 5.41) is 4.21. The molecule has 0 unspecified atom stereocenters. The van der Waals surface area contributed by atoms with Crippen molar-refractivity contribution in [3.05, 3.63) is 18.0 Å². The normalized spacial score (nSPS) is 10.0. The van der Waals surface area contributed by atoms with E-state index >= 15 is 0 Å². The molecule has 0 atom stereocenters. The molecule has 0 bridgehead atoms. The van der Waals surface area contributed by atoms with Crippen molar-refractivity contribution in [2.45, 2.75) is 26.8 Å². The molecule has 1 rings (SSSR count). The lowest BCUT2D eigenvalue weighted by Gasteiger charge is -1.90. The van der Waals surface area contributed by atoms with Crippen molar-refractivity contribution < 1.29 is 0 Å². The van der Waals surface area contributed by atoms with E-state index < -0.39 is 0 Å². The molecule has 0 spiro atoms. The summed E-state index contributed by atoms with van der Waals surface area (Å²) in [7, 11) is 0. The molecule has 0 saturated carbocycles. The number of aromatic nitrogens is 2. The van der Waals surface area contributed by atoms with Crippen molar-refractivity contribution in [3.63, 3.8) is 0 Å². The highest BCUT2D eigenvalue weighted by Crippen LogP contribution is 1.93. The molecular weight excluding hydrogens is 112 g/mol. The van der Waals surface area contributed by atoms with Gasteiger partial charge in [-0.25, -0.2) is 0 Å². The lowest BCUT2D eigenvalue weighted by atomic mass is 10.4. The van der Waals surface area contributed by atoms with Crippen LogP contribution in [0.1, 0.15) is 19.5 Å². The number of hydrogen-bond acceptors (Lipinski definition) is 1. The van der Waals surface area contributed by atoms with Crippen LogP contribution in [0.5, 0.6) is 0 Å². The Balaban J connectivity index is 2.74. The van der Waals surface area contributed by atoms with Crippen LogP contribution in [0.15, 0.2) is 6.20 Å². The molecule has 0 aliphatic heterocycles. The van der Waals surface area contributed by atoms with Gasteiger partial charge < -0.3 is 0 Å². The van der Waals surface area contributed by atoms with Crippen LogP contribution in [0.25, 0.3) is 0 Å². The molecular formula is C7H11N2. The van der Waals surface area contributed by atoms with E-state index in [2.05, 4.69) is 25.0 Å². The molecule has 1 radical (unpaired) electrons. The van der Waals surface area contributed by atoms with Crippen molar-refractivity contribution in [1.29, 1.82) is 0 Å². The number of rotatable bonds is 2. The number of hydrogen-bond donors (Lipinski definition) is 0. The summed E-state index contributed by atoms with van der Waals surface area (Å²) in [5.74, 6) is 0. The third kappa shape index (κ3) is 1.31. The maximum Gasteiger partial charge on any atom is 0.0701 e. The van der Waals surface area contributed by atoms with E-state index in [4.69, 9.17) is 0 Å². The quantitative estimate of drug-likeness (QED) is 0.579. The molecule has 0 aliphatic rings. The van der Waals surface area contributed by atoms with Gasteiger partial charge in [-0.2, -0.15) is 5.10 Å². The Morgan fingerprint density at radius 2 is 2.44 bits per heavy atom. The van der Waals surface area contributed by atoms with Gasteiger partial charge in [0.2, 0.25) is 0 Å². The highest BCUT2D eigenvalue weighted by molar-refractivity contribution is 4.95. The van der Waals surface area contributed by atoms with Gasteiger partial charge in [-0.15, -0.1) is 0 Å². The molecule has 0 N–H and O–H groups in total. The lowest BCUT2D eigenvalue weighted by Crippen LogP contribution is -1.94. The third-order valence-corrected chi connectivity index (χ3v) is 1.29. The average molecular weight is 123 g/mol. The fourth-order valence-corrected chi connectivity index (χ4v) is 0.697. The van der Waals surface area contributed by atoms with Gasteiger partial charge in [0.25, 0.3) is 0 Å². The topological polar surface area (TPSA) is 17.8 Å². The molecule has 1 heterocycles. The smallest absolute Gasteiger partial charge is 0.0701 e. The van der Waals surface area contributed by atoms with Crippen molar-refractivity contribution in [3.8, 4) is 0 Å². The maximum atomic E-state index is 4.21. The minimum absolute atomic E-state index is 0.941. The van der Waals surface area contributed by atoms with E-state index in [9.17, 15) is 0 Å². The molecule has 0 aromatic carbocycles. The van der Waals surface area contributed by atoms with Gasteiger partial charge in [0.05, 0.1) is 5.69 Å².